The Bertz CT molecular complexity index is 1430. The van der Waals surface area contributed by atoms with Crippen molar-refractivity contribution in [1.29, 1.82) is 0 Å². The predicted molar refractivity (Wildman–Crippen MR) is 152 cm³/mol. The zero-order valence-electron chi connectivity index (χ0n) is 21.3. The van der Waals surface area contributed by atoms with Crippen molar-refractivity contribution in [3.05, 3.63) is 132 Å². The van der Waals surface area contributed by atoms with Crippen LogP contribution >= 0.6 is 0 Å². The molecule has 1 aliphatic heterocycles. The van der Waals surface area contributed by atoms with E-state index in [1.165, 1.54) is 12.7 Å². The molecule has 5 heteroatoms. The number of nitrogens with zero attached hydrogens (tertiary/aromatic N) is 1. The van der Waals surface area contributed by atoms with Gasteiger partial charge in [-0.3, -0.25) is 9.69 Å². The molecule has 1 heterocycles. The predicted octanol–water partition coefficient (Wildman–Crippen LogP) is 6.61. The molecule has 5 nitrogen and oxygen atoms in total. The first kappa shape index (κ1) is 25.2. The van der Waals surface area contributed by atoms with Gasteiger partial charge in [0, 0.05) is 24.3 Å². The Hall–Kier alpha value is -4.48. The van der Waals surface area contributed by atoms with Crippen molar-refractivity contribution >= 4 is 23.1 Å². The van der Waals surface area contributed by atoms with Gasteiger partial charge in [-0.15, -0.1) is 0 Å². The first-order valence-electron chi connectivity index (χ1n) is 12.8. The second kappa shape index (κ2) is 11.7. The van der Waals surface area contributed by atoms with E-state index < -0.39 is 6.04 Å². The third kappa shape index (κ3) is 5.58. The molecule has 1 amide bonds. The molecule has 0 saturated heterocycles. The van der Waals surface area contributed by atoms with Gasteiger partial charge in [0.15, 0.2) is 0 Å². The molecule has 0 aliphatic carbocycles. The Morgan fingerprint density at radius 3 is 2.11 bits per heavy atom. The summed E-state index contributed by atoms with van der Waals surface area (Å²) < 4.78 is 5.10. The van der Waals surface area contributed by atoms with Crippen LogP contribution in [0.1, 0.15) is 33.9 Å². The quantitative estimate of drug-likeness (QED) is 0.289. The van der Waals surface area contributed by atoms with Crippen LogP contribution in [0.25, 0.3) is 16.7 Å². The maximum Gasteiger partial charge on any atom is 0.327 e. The molecular weight excluding hydrogens is 472 g/mol. The van der Waals surface area contributed by atoms with Crippen LogP contribution in [0.15, 0.2) is 115 Å². The molecule has 0 aromatic heterocycles. The van der Waals surface area contributed by atoms with Crippen LogP contribution in [0, 0.1) is 0 Å². The van der Waals surface area contributed by atoms with E-state index in [0.29, 0.717) is 12.1 Å². The lowest BCUT2D eigenvalue weighted by Gasteiger charge is -2.32. The summed E-state index contributed by atoms with van der Waals surface area (Å²) in [6.45, 7) is 1.40. The standard InChI is InChI=1S/C33H30N2O3/c1-38-33(37)31(27-12-6-3-7-13-27)35-22-20-25(21-23-35)24-16-18-28(19-17-24)34-32(36)30-15-9-8-14-29(30)26-10-4-2-5-11-26/h2-20,31H,21-23H2,1H3,(H,34,36). The van der Waals surface area contributed by atoms with E-state index in [-0.39, 0.29) is 11.9 Å². The van der Waals surface area contributed by atoms with Gasteiger partial charge < -0.3 is 10.1 Å². The van der Waals surface area contributed by atoms with Crippen molar-refractivity contribution in [2.45, 2.75) is 12.5 Å². The fourth-order valence-electron chi connectivity index (χ4n) is 4.94. The number of carbonyl (C=O) groups excluding carboxylic acids is 2. The smallest absolute Gasteiger partial charge is 0.327 e. The van der Waals surface area contributed by atoms with Gasteiger partial charge in [-0.2, -0.15) is 0 Å². The Morgan fingerprint density at radius 1 is 0.789 bits per heavy atom. The first-order valence-corrected chi connectivity index (χ1v) is 12.8. The average molecular weight is 503 g/mol. The summed E-state index contributed by atoms with van der Waals surface area (Å²) in [5, 5.41) is 3.04. The summed E-state index contributed by atoms with van der Waals surface area (Å²) in [6.07, 6.45) is 2.99. The molecule has 1 atom stereocenters. The topological polar surface area (TPSA) is 58.6 Å². The van der Waals surface area contributed by atoms with Gasteiger partial charge in [0.05, 0.1) is 7.11 Å². The van der Waals surface area contributed by atoms with Crippen LogP contribution in [-0.2, 0) is 9.53 Å². The van der Waals surface area contributed by atoms with Gasteiger partial charge in [-0.1, -0.05) is 97.1 Å². The Kier molecular flexibility index (Phi) is 7.76. The van der Waals surface area contributed by atoms with Crippen molar-refractivity contribution in [2.75, 3.05) is 25.5 Å². The fourth-order valence-corrected chi connectivity index (χ4v) is 4.94. The summed E-state index contributed by atoms with van der Waals surface area (Å²) >= 11 is 0. The molecule has 0 spiro atoms. The highest BCUT2D eigenvalue weighted by molar-refractivity contribution is 6.08. The van der Waals surface area contributed by atoms with Crippen molar-refractivity contribution in [3.63, 3.8) is 0 Å². The molecule has 1 unspecified atom stereocenters. The van der Waals surface area contributed by atoms with Crippen molar-refractivity contribution < 1.29 is 14.3 Å². The molecule has 5 rings (SSSR count). The van der Waals surface area contributed by atoms with Crippen LogP contribution in [0.4, 0.5) is 5.69 Å². The summed E-state index contributed by atoms with van der Waals surface area (Å²) in [4.78, 5) is 27.8. The van der Waals surface area contributed by atoms with E-state index in [1.54, 1.807) is 0 Å². The molecule has 4 aromatic rings. The zero-order chi connectivity index (χ0) is 26.3. The van der Waals surface area contributed by atoms with Crippen LogP contribution in [-0.4, -0.2) is 37.0 Å². The summed E-state index contributed by atoms with van der Waals surface area (Å²) in [5.74, 6) is -0.388. The Morgan fingerprint density at radius 2 is 1.45 bits per heavy atom. The lowest BCUT2D eigenvalue weighted by molar-refractivity contribution is -0.147. The number of amides is 1. The average Bonchev–Trinajstić information content (AvgIpc) is 2.99. The molecular formula is C33H30N2O3. The number of benzene rings is 4. The van der Waals surface area contributed by atoms with E-state index in [4.69, 9.17) is 4.74 Å². The van der Waals surface area contributed by atoms with E-state index in [9.17, 15) is 9.59 Å². The molecule has 1 N–H and O–H groups in total. The van der Waals surface area contributed by atoms with Gasteiger partial charge in [-0.25, -0.2) is 4.79 Å². The number of rotatable bonds is 7. The minimum atomic E-state index is -0.421. The summed E-state index contributed by atoms with van der Waals surface area (Å²) in [7, 11) is 1.43. The van der Waals surface area contributed by atoms with Gasteiger partial charge in [-0.05, 0) is 52.4 Å². The van der Waals surface area contributed by atoms with Gasteiger partial charge >= 0.3 is 5.97 Å². The second-order valence-corrected chi connectivity index (χ2v) is 9.25. The first-order chi connectivity index (χ1) is 18.6. The number of hydrogen-bond donors (Lipinski definition) is 1. The van der Waals surface area contributed by atoms with E-state index in [2.05, 4.69) is 16.3 Å². The number of esters is 1. The van der Waals surface area contributed by atoms with Crippen LogP contribution in [0.3, 0.4) is 0 Å². The third-order valence-corrected chi connectivity index (χ3v) is 6.92. The highest BCUT2D eigenvalue weighted by Gasteiger charge is 2.29. The van der Waals surface area contributed by atoms with E-state index >= 15 is 0 Å². The highest BCUT2D eigenvalue weighted by Crippen LogP contribution is 2.30. The molecule has 38 heavy (non-hydrogen) atoms. The number of nitrogens with one attached hydrogen (secondary N) is 1. The SMILES string of the molecule is COC(=O)C(c1ccccc1)N1CC=C(c2ccc(NC(=O)c3ccccc3-c3ccccc3)cc2)CC1. The zero-order valence-corrected chi connectivity index (χ0v) is 21.3. The minimum Gasteiger partial charge on any atom is -0.468 e. The minimum absolute atomic E-state index is 0.139. The van der Waals surface area contributed by atoms with Crippen molar-refractivity contribution in [1.82, 2.24) is 4.90 Å². The number of anilines is 1. The Labute approximate surface area is 223 Å². The summed E-state index contributed by atoms with van der Waals surface area (Å²) in [5.41, 5.74) is 6.57. The number of ether oxygens (including phenoxy) is 1. The molecule has 0 radical (unpaired) electrons. The van der Waals surface area contributed by atoms with Crippen LogP contribution in [0.5, 0.6) is 0 Å². The van der Waals surface area contributed by atoms with Gasteiger partial charge in [0.25, 0.3) is 5.91 Å². The second-order valence-electron chi connectivity index (χ2n) is 9.25. The van der Waals surface area contributed by atoms with Crippen LogP contribution < -0.4 is 5.32 Å². The molecule has 4 aromatic carbocycles. The normalized spacial score (nSPS) is 14.3. The molecule has 190 valence electrons. The number of hydrogen-bond acceptors (Lipinski definition) is 4. The Balaban J connectivity index is 1.27. The van der Waals surface area contributed by atoms with Gasteiger partial charge in [0.2, 0.25) is 0 Å². The van der Waals surface area contributed by atoms with Crippen molar-refractivity contribution in [2.24, 2.45) is 0 Å². The molecule has 1 aliphatic rings. The maximum absolute atomic E-state index is 13.1. The molecule has 0 saturated carbocycles. The molecule has 0 fully saturated rings. The fraction of sp³-hybridized carbons (Fsp3) is 0.152. The number of carbonyl (C=O) groups is 2. The van der Waals surface area contributed by atoms with E-state index in [0.717, 1.165) is 40.9 Å². The van der Waals surface area contributed by atoms with Crippen LogP contribution in [0.2, 0.25) is 0 Å². The number of methoxy groups -OCH3 is 1. The lowest BCUT2D eigenvalue weighted by Crippen LogP contribution is -2.37. The highest BCUT2D eigenvalue weighted by atomic mass is 16.5. The van der Waals surface area contributed by atoms with Crippen molar-refractivity contribution in [3.8, 4) is 11.1 Å². The van der Waals surface area contributed by atoms with E-state index in [1.807, 2.05) is 109 Å². The van der Waals surface area contributed by atoms with Gasteiger partial charge in [0.1, 0.15) is 6.04 Å². The lowest BCUT2D eigenvalue weighted by atomic mass is 9.96. The maximum atomic E-state index is 13.1. The third-order valence-electron chi connectivity index (χ3n) is 6.92. The molecule has 0 bridgehead atoms. The largest absolute Gasteiger partial charge is 0.468 e. The summed E-state index contributed by atoms with van der Waals surface area (Å²) in [6, 6.07) is 34.8. The monoisotopic (exact) mass is 502 g/mol.